The van der Waals surface area contributed by atoms with E-state index in [0.717, 1.165) is 24.2 Å². The maximum absolute atomic E-state index is 12.9. The van der Waals surface area contributed by atoms with Gasteiger partial charge in [-0.25, -0.2) is 0 Å². The van der Waals surface area contributed by atoms with Crippen molar-refractivity contribution >= 4 is 52.4 Å². The summed E-state index contributed by atoms with van der Waals surface area (Å²) in [5, 5.41) is 6.16. The van der Waals surface area contributed by atoms with Crippen LogP contribution in [0, 0.1) is 11.8 Å². The van der Waals surface area contributed by atoms with E-state index in [1.54, 1.807) is 12.1 Å². The Morgan fingerprint density at radius 1 is 1.19 bits per heavy atom. The van der Waals surface area contributed by atoms with Crippen LogP contribution >= 0.6 is 23.2 Å². The molecule has 162 valence electrons. The number of carbonyl (C=O) groups is 2. The lowest BCUT2D eigenvalue weighted by molar-refractivity contribution is -0.119. The third kappa shape index (κ3) is 4.78. The molecule has 3 atom stereocenters. The van der Waals surface area contributed by atoms with Crippen LogP contribution < -0.4 is 21.3 Å². The van der Waals surface area contributed by atoms with Crippen LogP contribution in [-0.4, -0.2) is 30.4 Å². The third-order valence-electron chi connectivity index (χ3n) is 5.60. The summed E-state index contributed by atoms with van der Waals surface area (Å²) in [6.07, 6.45) is 1.06. The van der Waals surface area contributed by atoms with Gasteiger partial charge in [0, 0.05) is 25.7 Å². The van der Waals surface area contributed by atoms with Gasteiger partial charge in [-0.1, -0.05) is 41.4 Å². The average Bonchev–Trinajstić information content (AvgIpc) is 3.38. The molecule has 2 aromatic carbocycles. The van der Waals surface area contributed by atoms with Crippen LogP contribution in [0.15, 0.2) is 47.5 Å². The molecule has 1 unspecified atom stereocenters. The van der Waals surface area contributed by atoms with Gasteiger partial charge in [0.15, 0.2) is 5.96 Å². The molecular weight excluding hydrogens is 437 g/mol. The van der Waals surface area contributed by atoms with Crippen molar-refractivity contribution in [3.8, 4) is 0 Å². The van der Waals surface area contributed by atoms with Gasteiger partial charge in [-0.05, 0) is 48.1 Å². The maximum Gasteiger partial charge on any atom is 0.271 e. The molecule has 1 aliphatic heterocycles. The van der Waals surface area contributed by atoms with E-state index in [9.17, 15) is 9.59 Å². The fourth-order valence-electron chi connectivity index (χ4n) is 4.11. The number of halogens is 2. The number of nitrogens with zero attached hydrogens (tertiary/aromatic N) is 2. The van der Waals surface area contributed by atoms with Crippen LogP contribution in [0.5, 0.6) is 0 Å². The number of nitrogens with one attached hydrogen (secondary N) is 2. The van der Waals surface area contributed by atoms with Gasteiger partial charge < -0.3 is 21.3 Å². The van der Waals surface area contributed by atoms with E-state index in [4.69, 9.17) is 28.9 Å². The van der Waals surface area contributed by atoms with Crippen LogP contribution in [-0.2, 0) is 16.1 Å². The molecule has 2 amide bonds. The molecule has 2 fully saturated rings. The molecule has 1 saturated heterocycles. The number of hydrogen-bond acceptors (Lipinski definition) is 3. The molecule has 31 heavy (non-hydrogen) atoms. The molecule has 4 N–H and O–H groups in total. The van der Waals surface area contributed by atoms with Crippen LogP contribution in [0.4, 0.5) is 11.4 Å². The second-order valence-corrected chi connectivity index (χ2v) is 8.71. The number of rotatable bonds is 5. The van der Waals surface area contributed by atoms with Gasteiger partial charge in [-0.15, -0.1) is 0 Å². The largest absolute Gasteiger partial charge is 0.370 e. The maximum atomic E-state index is 12.9. The van der Waals surface area contributed by atoms with Crippen LogP contribution in [0.2, 0.25) is 10.0 Å². The number of fused-ring (bicyclic) bond motifs is 1. The summed E-state index contributed by atoms with van der Waals surface area (Å²) in [4.78, 5) is 30.4. The number of guanidine groups is 1. The van der Waals surface area contributed by atoms with Crippen molar-refractivity contribution in [1.29, 1.82) is 0 Å². The lowest BCUT2D eigenvalue weighted by Gasteiger charge is -2.27. The smallest absolute Gasteiger partial charge is 0.271 e. The number of aliphatic imine (C=N–C) groups is 1. The zero-order chi connectivity index (χ0) is 22.1. The highest BCUT2D eigenvalue weighted by Crippen LogP contribution is 2.51. The summed E-state index contributed by atoms with van der Waals surface area (Å²) in [7, 11) is 0. The summed E-state index contributed by atoms with van der Waals surface area (Å²) in [6.45, 7) is 2.52. The Labute approximate surface area is 190 Å². The minimum atomic E-state index is -0.284. The summed E-state index contributed by atoms with van der Waals surface area (Å²) in [6, 6.07) is 13.0. The molecule has 7 nitrogen and oxygen atoms in total. The van der Waals surface area contributed by atoms with Gasteiger partial charge in [-0.2, -0.15) is 4.99 Å². The van der Waals surface area contributed by atoms with Gasteiger partial charge in [0.2, 0.25) is 5.91 Å². The van der Waals surface area contributed by atoms with E-state index in [1.807, 2.05) is 30.3 Å². The van der Waals surface area contributed by atoms with Crippen LogP contribution in [0.3, 0.4) is 0 Å². The first-order valence-corrected chi connectivity index (χ1v) is 10.8. The van der Waals surface area contributed by atoms with E-state index in [-0.39, 0.29) is 30.4 Å². The van der Waals surface area contributed by atoms with Gasteiger partial charge in [0.25, 0.3) is 5.91 Å². The number of carbonyl (C=O) groups excluding carboxylic acids is 2. The number of piperidine rings is 1. The zero-order valence-electron chi connectivity index (χ0n) is 16.9. The normalized spacial score (nSPS) is 22.1. The van der Waals surface area contributed by atoms with Gasteiger partial charge >= 0.3 is 0 Å². The summed E-state index contributed by atoms with van der Waals surface area (Å²) in [5.74, 6) is 0.420. The molecule has 0 spiro atoms. The van der Waals surface area contributed by atoms with Crippen molar-refractivity contribution in [3.63, 3.8) is 0 Å². The van der Waals surface area contributed by atoms with E-state index in [2.05, 4.69) is 20.5 Å². The van der Waals surface area contributed by atoms with Crippen molar-refractivity contribution in [3.05, 3.63) is 58.1 Å². The van der Waals surface area contributed by atoms with Gasteiger partial charge in [-0.3, -0.25) is 9.59 Å². The fourth-order valence-corrected chi connectivity index (χ4v) is 4.73. The molecule has 1 saturated carbocycles. The molecule has 2 aromatic rings. The summed E-state index contributed by atoms with van der Waals surface area (Å²) < 4.78 is 0. The minimum absolute atomic E-state index is 0.0419. The fraction of sp³-hybridized carbons (Fsp3) is 0.318. The first-order chi connectivity index (χ1) is 14.8. The van der Waals surface area contributed by atoms with Crippen LogP contribution in [0.25, 0.3) is 0 Å². The van der Waals surface area contributed by atoms with E-state index in [1.165, 1.54) is 6.92 Å². The molecule has 9 heteroatoms. The topological polar surface area (TPSA) is 99.8 Å². The molecule has 1 heterocycles. The number of amides is 2. The van der Waals surface area contributed by atoms with Crippen molar-refractivity contribution in [1.82, 2.24) is 5.32 Å². The quantitative estimate of drug-likeness (QED) is 0.469. The molecule has 0 aromatic heterocycles. The number of anilines is 2. The second-order valence-electron chi connectivity index (χ2n) is 7.90. The van der Waals surface area contributed by atoms with Gasteiger partial charge in [0.1, 0.15) is 6.04 Å². The van der Waals surface area contributed by atoms with Crippen molar-refractivity contribution in [2.75, 3.05) is 16.8 Å². The Hall–Kier alpha value is -2.77. The molecule has 0 radical (unpaired) electrons. The van der Waals surface area contributed by atoms with Crippen molar-refractivity contribution in [2.24, 2.45) is 22.6 Å². The highest BCUT2D eigenvalue weighted by Gasteiger charge is 2.55. The highest BCUT2D eigenvalue weighted by molar-refractivity contribution is 6.39. The molecule has 0 bridgehead atoms. The van der Waals surface area contributed by atoms with Gasteiger partial charge in [0.05, 0.1) is 15.7 Å². The lowest BCUT2D eigenvalue weighted by atomic mass is 10.1. The van der Waals surface area contributed by atoms with Crippen molar-refractivity contribution in [2.45, 2.75) is 25.9 Å². The third-order valence-corrected chi connectivity index (χ3v) is 6.19. The standard InChI is InChI=1S/C22H23Cl2N5O2/c1-12(30)27-19-17(23)7-13(8-18(19)24)10-26-22(25)28-21(31)20-16-9-14(16)11-29(20)15-5-3-2-4-6-15/h2-8,14,16,20H,9-11H2,1H3,(H,27,30)(H3,25,26,28,31)/t14-,16-,20?/m1/s1. The average molecular weight is 460 g/mol. The van der Waals surface area contributed by atoms with Crippen molar-refractivity contribution < 1.29 is 9.59 Å². The second kappa shape index (κ2) is 8.77. The number of para-hydroxylation sites is 1. The summed E-state index contributed by atoms with van der Waals surface area (Å²) in [5.41, 5.74) is 8.11. The highest BCUT2D eigenvalue weighted by atomic mass is 35.5. The number of nitrogens with two attached hydrogens (primary N) is 1. The Morgan fingerprint density at radius 2 is 1.87 bits per heavy atom. The molecular formula is C22H23Cl2N5O2. The van der Waals surface area contributed by atoms with E-state index >= 15 is 0 Å². The van der Waals surface area contributed by atoms with E-state index < -0.39 is 0 Å². The zero-order valence-corrected chi connectivity index (χ0v) is 18.5. The Balaban J connectivity index is 1.42. The monoisotopic (exact) mass is 459 g/mol. The number of hydrogen-bond donors (Lipinski definition) is 3. The molecule has 2 aliphatic rings. The predicted octanol–water partition coefficient (Wildman–Crippen LogP) is 3.41. The number of benzene rings is 2. The summed E-state index contributed by atoms with van der Waals surface area (Å²) >= 11 is 12.4. The first kappa shape index (κ1) is 21.5. The minimum Gasteiger partial charge on any atom is -0.370 e. The van der Waals surface area contributed by atoms with Crippen LogP contribution in [0.1, 0.15) is 18.9 Å². The SMILES string of the molecule is CC(=O)Nc1c(Cl)cc(CNC(N)=NC(=O)C2[C@@H]3C[C@@H]3CN2c2ccccc2)cc1Cl. The van der Waals surface area contributed by atoms with E-state index in [0.29, 0.717) is 27.6 Å². The first-order valence-electron chi connectivity index (χ1n) is 10.0. The lowest BCUT2D eigenvalue weighted by Crippen LogP contribution is -2.41. The Kier molecular flexibility index (Phi) is 6.07. The molecule has 1 aliphatic carbocycles. The molecule has 4 rings (SSSR count). The Morgan fingerprint density at radius 3 is 2.52 bits per heavy atom. The predicted molar refractivity (Wildman–Crippen MR) is 123 cm³/mol. The Bertz CT molecular complexity index is 1020.